The summed E-state index contributed by atoms with van der Waals surface area (Å²) in [5.41, 5.74) is 0.692. The van der Waals surface area contributed by atoms with Gasteiger partial charge in [-0.1, -0.05) is 0 Å². The number of amides is 1. The van der Waals surface area contributed by atoms with E-state index in [1.807, 2.05) is 13.0 Å². The number of pyridine rings is 1. The lowest BCUT2D eigenvalue weighted by Crippen LogP contribution is -2.41. The third kappa shape index (κ3) is 3.32. The van der Waals surface area contributed by atoms with Crippen LogP contribution in [-0.4, -0.2) is 21.6 Å². The van der Waals surface area contributed by atoms with Crippen LogP contribution in [0.15, 0.2) is 18.5 Å². The van der Waals surface area contributed by atoms with Gasteiger partial charge >= 0.3 is 0 Å². The molecule has 0 fully saturated rings. The molecule has 4 nitrogen and oxygen atoms in total. The average molecular weight is 208 g/mol. The van der Waals surface area contributed by atoms with Crippen LogP contribution in [0.2, 0.25) is 0 Å². The maximum Gasteiger partial charge on any atom is 0.251 e. The quantitative estimate of drug-likeness (QED) is 0.771. The van der Waals surface area contributed by atoms with Crippen molar-refractivity contribution in [2.24, 2.45) is 0 Å². The van der Waals surface area contributed by atoms with E-state index in [2.05, 4.69) is 10.3 Å². The first-order valence-corrected chi connectivity index (χ1v) is 4.81. The summed E-state index contributed by atoms with van der Waals surface area (Å²) in [5, 5.41) is 12.1. The Kier molecular flexibility index (Phi) is 3.42. The summed E-state index contributed by atoms with van der Waals surface area (Å²) in [6.07, 6.45) is 3.42. The largest absolute Gasteiger partial charge is 0.381 e. The van der Waals surface area contributed by atoms with E-state index in [0.29, 0.717) is 6.54 Å². The smallest absolute Gasteiger partial charge is 0.251 e. The molecular formula is C11H16N2O2. The fourth-order valence-electron chi connectivity index (χ4n) is 1.09. The van der Waals surface area contributed by atoms with Crippen molar-refractivity contribution in [2.45, 2.75) is 32.9 Å². The van der Waals surface area contributed by atoms with E-state index in [9.17, 15) is 9.90 Å². The van der Waals surface area contributed by atoms with Crippen LogP contribution in [0.25, 0.3) is 0 Å². The second kappa shape index (κ2) is 4.40. The van der Waals surface area contributed by atoms with Crippen molar-refractivity contribution in [3.8, 4) is 0 Å². The molecule has 0 saturated carbocycles. The first kappa shape index (κ1) is 11.7. The lowest BCUT2D eigenvalue weighted by atomic mass is 10.1. The third-order valence-corrected chi connectivity index (χ3v) is 2.13. The second-order valence-corrected chi connectivity index (χ2v) is 4.04. The molecule has 1 aromatic rings. The van der Waals surface area contributed by atoms with Crippen LogP contribution in [0.5, 0.6) is 0 Å². The molecule has 0 aliphatic carbocycles. The van der Waals surface area contributed by atoms with Crippen molar-refractivity contribution in [1.82, 2.24) is 10.3 Å². The van der Waals surface area contributed by atoms with Crippen LogP contribution in [0.1, 0.15) is 25.0 Å². The van der Waals surface area contributed by atoms with Crippen molar-refractivity contribution in [3.63, 3.8) is 0 Å². The van der Waals surface area contributed by atoms with Gasteiger partial charge in [0.05, 0.1) is 0 Å². The summed E-state index contributed by atoms with van der Waals surface area (Å²) in [6, 6.07) is 1.85. The van der Waals surface area contributed by atoms with Gasteiger partial charge in [-0.25, -0.2) is 0 Å². The Morgan fingerprint density at radius 1 is 1.60 bits per heavy atom. The third-order valence-electron chi connectivity index (χ3n) is 2.13. The van der Waals surface area contributed by atoms with Crippen molar-refractivity contribution in [2.75, 3.05) is 0 Å². The van der Waals surface area contributed by atoms with Crippen LogP contribution >= 0.6 is 0 Å². The topological polar surface area (TPSA) is 62.2 Å². The first-order chi connectivity index (χ1) is 6.91. The van der Waals surface area contributed by atoms with Crippen LogP contribution in [0.4, 0.5) is 0 Å². The molecule has 0 aliphatic heterocycles. The van der Waals surface area contributed by atoms with Gasteiger partial charge in [0.1, 0.15) is 5.60 Å². The number of nitrogens with zero attached hydrogens (tertiary/aromatic N) is 1. The van der Waals surface area contributed by atoms with E-state index in [1.54, 1.807) is 12.4 Å². The van der Waals surface area contributed by atoms with Crippen molar-refractivity contribution >= 4 is 5.91 Å². The summed E-state index contributed by atoms with van der Waals surface area (Å²) in [7, 11) is 0. The van der Waals surface area contributed by atoms with Crippen molar-refractivity contribution in [1.29, 1.82) is 0 Å². The zero-order chi connectivity index (χ0) is 11.5. The van der Waals surface area contributed by atoms with Crippen LogP contribution < -0.4 is 5.32 Å². The number of nitrogens with one attached hydrogen (secondary N) is 1. The van der Waals surface area contributed by atoms with E-state index in [0.717, 1.165) is 11.1 Å². The van der Waals surface area contributed by atoms with E-state index < -0.39 is 5.60 Å². The van der Waals surface area contributed by atoms with E-state index >= 15 is 0 Å². The summed E-state index contributed by atoms with van der Waals surface area (Å²) < 4.78 is 0. The van der Waals surface area contributed by atoms with Gasteiger partial charge in [-0.2, -0.15) is 0 Å². The molecule has 1 aromatic heterocycles. The molecule has 0 atom stereocenters. The van der Waals surface area contributed by atoms with Crippen molar-refractivity contribution in [3.05, 3.63) is 29.6 Å². The van der Waals surface area contributed by atoms with E-state index in [4.69, 9.17) is 0 Å². The Labute approximate surface area is 89.3 Å². The molecule has 0 spiro atoms. The predicted octanol–water partition coefficient (Wildman–Crippen LogP) is 0.777. The molecule has 15 heavy (non-hydrogen) atoms. The normalized spacial score (nSPS) is 11.2. The fraction of sp³-hybridized carbons (Fsp3) is 0.455. The summed E-state index contributed by atoms with van der Waals surface area (Å²) in [6.45, 7) is 5.26. The Bertz CT molecular complexity index is 356. The van der Waals surface area contributed by atoms with Crippen LogP contribution in [-0.2, 0) is 11.3 Å². The summed E-state index contributed by atoms with van der Waals surface area (Å²) in [5.74, 6) is -0.376. The monoisotopic (exact) mass is 208 g/mol. The second-order valence-electron chi connectivity index (χ2n) is 4.04. The molecule has 0 aliphatic rings. The first-order valence-electron chi connectivity index (χ1n) is 4.81. The predicted molar refractivity (Wildman–Crippen MR) is 57.1 cm³/mol. The lowest BCUT2D eigenvalue weighted by molar-refractivity contribution is -0.136. The minimum Gasteiger partial charge on any atom is -0.381 e. The molecular weight excluding hydrogens is 192 g/mol. The zero-order valence-corrected chi connectivity index (χ0v) is 9.24. The van der Waals surface area contributed by atoms with Gasteiger partial charge in [0, 0.05) is 18.9 Å². The van der Waals surface area contributed by atoms with Crippen molar-refractivity contribution < 1.29 is 9.90 Å². The van der Waals surface area contributed by atoms with Gasteiger partial charge in [-0.3, -0.25) is 9.78 Å². The Morgan fingerprint density at radius 3 is 2.80 bits per heavy atom. The molecule has 1 amide bonds. The highest BCUT2D eigenvalue weighted by Gasteiger charge is 2.22. The number of rotatable bonds is 3. The highest BCUT2D eigenvalue weighted by atomic mass is 16.3. The van der Waals surface area contributed by atoms with Gasteiger partial charge in [0.2, 0.25) is 0 Å². The summed E-state index contributed by atoms with van der Waals surface area (Å²) in [4.78, 5) is 15.3. The number of hydrogen-bond donors (Lipinski definition) is 2. The maximum atomic E-state index is 11.4. The van der Waals surface area contributed by atoms with Gasteiger partial charge < -0.3 is 10.4 Å². The zero-order valence-electron chi connectivity index (χ0n) is 9.24. The van der Waals surface area contributed by atoms with Crippen LogP contribution in [0.3, 0.4) is 0 Å². The maximum absolute atomic E-state index is 11.4. The molecule has 82 valence electrons. The standard InChI is InChI=1S/C11H16N2O2/c1-8-6-12-5-4-9(8)7-13-10(14)11(2,3)15/h4-6,15H,7H2,1-3H3,(H,13,14). The molecule has 1 rings (SSSR count). The number of carbonyl (C=O) groups excluding carboxylic acids is 1. The molecule has 2 N–H and O–H groups in total. The lowest BCUT2D eigenvalue weighted by Gasteiger charge is -2.16. The molecule has 0 saturated heterocycles. The highest BCUT2D eigenvalue weighted by Crippen LogP contribution is 2.06. The summed E-state index contributed by atoms with van der Waals surface area (Å²) >= 11 is 0. The highest BCUT2D eigenvalue weighted by molar-refractivity contribution is 5.83. The molecule has 0 aromatic carbocycles. The SMILES string of the molecule is Cc1cnccc1CNC(=O)C(C)(C)O. The number of carbonyl (C=O) groups is 1. The molecule has 0 radical (unpaired) electrons. The van der Waals surface area contributed by atoms with E-state index in [-0.39, 0.29) is 5.91 Å². The molecule has 0 bridgehead atoms. The average Bonchev–Trinajstić information content (AvgIpc) is 2.14. The Hall–Kier alpha value is -1.42. The van der Waals surface area contributed by atoms with Crippen LogP contribution in [0, 0.1) is 6.92 Å². The molecule has 4 heteroatoms. The Morgan fingerprint density at radius 2 is 2.27 bits per heavy atom. The number of aliphatic hydroxyl groups is 1. The fourth-order valence-corrected chi connectivity index (χ4v) is 1.09. The minimum absolute atomic E-state index is 0.376. The van der Waals surface area contributed by atoms with Gasteiger partial charge in [-0.05, 0) is 38.0 Å². The van der Waals surface area contributed by atoms with E-state index in [1.165, 1.54) is 13.8 Å². The van der Waals surface area contributed by atoms with Gasteiger partial charge in [0.15, 0.2) is 0 Å². The minimum atomic E-state index is -1.33. The number of aryl methyl sites for hydroxylation is 1. The van der Waals surface area contributed by atoms with Gasteiger partial charge in [0.25, 0.3) is 5.91 Å². The Balaban J connectivity index is 2.59. The number of hydrogen-bond acceptors (Lipinski definition) is 3. The molecule has 1 heterocycles. The number of aromatic nitrogens is 1. The van der Waals surface area contributed by atoms with Gasteiger partial charge in [-0.15, -0.1) is 0 Å². The molecule has 0 unspecified atom stereocenters.